The van der Waals surface area contributed by atoms with Gasteiger partial charge in [-0.25, -0.2) is 19.3 Å². The molecule has 0 fully saturated rings. The van der Waals surface area contributed by atoms with Gasteiger partial charge in [0.2, 0.25) is 0 Å². The summed E-state index contributed by atoms with van der Waals surface area (Å²) in [5, 5.41) is 3.01. The number of anilines is 1. The maximum Gasteiger partial charge on any atom is 0.180 e. The second kappa shape index (κ2) is 5.66. The molecule has 4 nitrogen and oxygen atoms in total. The van der Waals surface area contributed by atoms with Crippen LogP contribution in [-0.2, 0) is 0 Å². The molecular formula is C16H13FN4. The first-order valence-corrected chi connectivity index (χ1v) is 6.50. The molecule has 0 saturated heterocycles. The summed E-state index contributed by atoms with van der Waals surface area (Å²) in [6, 6.07) is 14.6. The molecule has 5 heteroatoms. The summed E-state index contributed by atoms with van der Waals surface area (Å²) in [7, 11) is 1.79. The Labute approximate surface area is 121 Å². The number of hydrogen-bond acceptors (Lipinski definition) is 4. The molecule has 0 atom stereocenters. The molecule has 0 radical (unpaired) electrons. The lowest BCUT2D eigenvalue weighted by Gasteiger charge is -2.07. The van der Waals surface area contributed by atoms with Crippen LogP contribution in [0.15, 0.2) is 54.7 Å². The largest absolute Gasteiger partial charge is 0.373 e. The van der Waals surface area contributed by atoms with Crippen molar-refractivity contribution >= 4 is 5.82 Å². The van der Waals surface area contributed by atoms with E-state index in [2.05, 4.69) is 20.3 Å². The van der Waals surface area contributed by atoms with E-state index in [9.17, 15) is 4.39 Å². The van der Waals surface area contributed by atoms with E-state index in [1.807, 2.05) is 36.4 Å². The number of nitrogens with zero attached hydrogens (tertiary/aromatic N) is 3. The van der Waals surface area contributed by atoms with E-state index < -0.39 is 0 Å². The first kappa shape index (κ1) is 13.2. The lowest BCUT2D eigenvalue weighted by Crippen LogP contribution is -2.00. The van der Waals surface area contributed by atoms with Gasteiger partial charge in [-0.1, -0.05) is 30.3 Å². The van der Waals surface area contributed by atoms with E-state index in [0.717, 1.165) is 17.5 Å². The Balaban J connectivity index is 2.11. The van der Waals surface area contributed by atoms with Gasteiger partial charge >= 0.3 is 0 Å². The van der Waals surface area contributed by atoms with Crippen LogP contribution in [0.5, 0.6) is 0 Å². The summed E-state index contributed by atoms with van der Waals surface area (Å²) in [6.07, 6.45) is 1.16. The molecule has 0 unspecified atom stereocenters. The fourth-order valence-corrected chi connectivity index (χ4v) is 1.95. The molecule has 21 heavy (non-hydrogen) atoms. The number of benzene rings is 1. The Morgan fingerprint density at radius 1 is 0.952 bits per heavy atom. The first-order chi connectivity index (χ1) is 10.3. The summed E-state index contributed by atoms with van der Waals surface area (Å²) in [5.41, 5.74) is 2.31. The van der Waals surface area contributed by atoms with E-state index in [4.69, 9.17) is 0 Å². The molecule has 0 aliphatic heterocycles. The van der Waals surface area contributed by atoms with Gasteiger partial charge in [0.15, 0.2) is 5.82 Å². The average molecular weight is 280 g/mol. The van der Waals surface area contributed by atoms with Crippen molar-refractivity contribution in [2.24, 2.45) is 0 Å². The van der Waals surface area contributed by atoms with Crippen molar-refractivity contribution in [3.8, 4) is 22.8 Å². The summed E-state index contributed by atoms with van der Waals surface area (Å²) in [5.74, 6) is 0.762. The maximum absolute atomic E-state index is 13.0. The van der Waals surface area contributed by atoms with Gasteiger partial charge < -0.3 is 5.32 Å². The Hall–Kier alpha value is -2.82. The van der Waals surface area contributed by atoms with E-state index in [-0.39, 0.29) is 5.82 Å². The standard InChI is InChI=1S/C16H13FN4/c1-18-15-9-14(11-5-3-2-4-6-11)20-16(21-15)13-8-7-12(17)10-19-13/h2-10H,1H3,(H,18,20,21). The zero-order chi connectivity index (χ0) is 14.7. The molecule has 0 aliphatic carbocycles. The number of aromatic nitrogens is 3. The highest BCUT2D eigenvalue weighted by Gasteiger charge is 2.09. The van der Waals surface area contributed by atoms with Crippen molar-refractivity contribution in [1.82, 2.24) is 15.0 Å². The van der Waals surface area contributed by atoms with Crippen molar-refractivity contribution in [2.75, 3.05) is 12.4 Å². The van der Waals surface area contributed by atoms with Crippen LogP contribution in [0.25, 0.3) is 22.8 Å². The Morgan fingerprint density at radius 2 is 1.76 bits per heavy atom. The molecular weight excluding hydrogens is 267 g/mol. The minimum Gasteiger partial charge on any atom is -0.373 e. The van der Waals surface area contributed by atoms with Crippen molar-refractivity contribution < 1.29 is 4.39 Å². The highest BCUT2D eigenvalue weighted by molar-refractivity contribution is 5.66. The zero-order valence-corrected chi connectivity index (χ0v) is 11.4. The topological polar surface area (TPSA) is 50.7 Å². The van der Waals surface area contributed by atoms with Crippen LogP contribution in [0, 0.1) is 5.82 Å². The number of pyridine rings is 1. The van der Waals surface area contributed by atoms with E-state index in [1.54, 1.807) is 13.1 Å². The van der Waals surface area contributed by atoms with Crippen LogP contribution in [0.4, 0.5) is 10.2 Å². The third-order valence-corrected chi connectivity index (χ3v) is 3.01. The van der Waals surface area contributed by atoms with Gasteiger partial charge in [0.25, 0.3) is 0 Å². The highest BCUT2D eigenvalue weighted by atomic mass is 19.1. The van der Waals surface area contributed by atoms with Crippen molar-refractivity contribution in [3.05, 3.63) is 60.5 Å². The van der Waals surface area contributed by atoms with Gasteiger partial charge in [-0.05, 0) is 12.1 Å². The van der Waals surface area contributed by atoms with Crippen LogP contribution in [0.3, 0.4) is 0 Å². The molecule has 3 aromatic rings. The van der Waals surface area contributed by atoms with Gasteiger partial charge in [0, 0.05) is 18.7 Å². The van der Waals surface area contributed by atoms with Gasteiger partial charge in [-0.15, -0.1) is 0 Å². The van der Waals surface area contributed by atoms with E-state index >= 15 is 0 Å². The number of rotatable bonds is 3. The normalized spacial score (nSPS) is 10.4. The van der Waals surface area contributed by atoms with Crippen molar-refractivity contribution in [2.45, 2.75) is 0 Å². The monoisotopic (exact) mass is 280 g/mol. The SMILES string of the molecule is CNc1cc(-c2ccccc2)nc(-c2ccc(F)cn2)n1. The third-order valence-electron chi connectivity index (χ3n) is 3.01. The number of halogens is 1. The molecule has 2 aromatic heterocycles. The minimum absolute atomic E-state index is 0.383. The van der Waals surface area contributed by atoms with Gasteiger partial charge in [0.1, 0.15) is 17.3 Å². The predicted molar refractivity (Wildman–Crippen MR) is 80.2 cm³/mol. The van der Waals surface area contributed by atoms with Crippen LogP contribution >= 0.6 is 0 Å². The van der Waals surface area contributed by atoms with Gasteiger partial charge in [0.05, 0.1) is 11.9 Å². The summed E-state index contributed by atoms with van der Waals surface area (Å²) < 4.78 is 13.0. The zero-order valence-electron chi connectivity index (χ0n) is 11.4. The average Bonchev–Trinajstić information content (AvgIpc) is 2.56. The molecule has 0 amide bonds. The maximum atomic E-state index is 13.0. The smallest absolute Gasteiger partial charge is 0.180 e. The third kappa shape index (κ3) is 2.86. The van der Waals surface area contributed by atoms with Gasteiger partial charge in [-0.3, -0.25) is 0 Å². The molecule has 0 spiro atoms. The second-order valence-corrected chi connectivity index (χ2v) is 4.44. The number of hydrogen-bond donors (Lipinski definition) is 1. The molecule has 1 N–H and O–H groups in total. The van der Waals surface area contributed by atoms with Crippen LogP contribution < -0.4 is 5.32 Å². The molecule has 0 bridgehead atoms. The fraction of sp³-hybridized carbons (Fsp3) is 0.0625. The van der Waals surface area contributed by atoms with E-state index in [1.165, 1.54) is 6.07 Å². The van der Waals surface area contributed by atoms with Gasteiger partial charge in [-0.2, -0.15) is 0 Å². The summed E-state index contributed by atoms with van der Waals surface area (Å²) >= 11 is 0. The summed E-state index contributed by atoms with van der Waals surface area (Å²) in [4.78, 5) is 12.9. The number of nitrogens with one attached hydrogen (secondary N) is 1. The Kier molecular flexibility index (Phi) is 3.55. The van der Waals surface area contributed by atoms with Crippen molar-refractivity contribution in [3.63, 3.8) is 0 Å². The minimum atomic E-state index is -0.383. The molecule has 2 heterocycles. The van der Waals surface area contributed by atoms with Crippen molar-refractivity contribution in [1.29, 1.82) is 0 Å². The quantitative estimate of drug-likeness (QED) is 0.799. The highest BCUT2D eigenvalue weighted by Crippen LogP contribution is 2.23. The van der Waals surface area contributed by atoms with E-state index in [0.29, 0.717) is 17.3 Å². The van der Waals surface area contributed by atoms with Crippen LogP contribution in [0.1, 0.15) is 0 Å². The summed E-state index contributed by atoms with van der Waals surface area (Å²) in [6.45, 7) is 0. The molecule has 1 aromatic carbocycles. The predicted octanol–water partition coefficient (Wildman–Crippen LogP) is 3.39. The Morgan fingerprint density at radius 3 is 2.43 bits per heavy atom. The molecule has 0 saturated carbocycles. The van der Waals surface area contributed by atoms with Crippen LogP contribution in [0.2, 0.25) is 0 Å². The molecule has 3 rings (SSSR count). The lowest BCUT2D eigenvalue weighted by molar-refractivity contribution is 0.621. The van der Waals surface area contributed by atoms with Crippen LogP contribution in [-0.4, -0.2) is 22.0 Å². The first-order valence-electron chi connectivity index (χ1n) is 6.50. The molecule has 0 aliphatic rings. The molecule has 104 valence electrons. The Bertz CT molecular complexity index is 742. The lowest BCUT2D eigenvalue weighted by atomic mass is 10.1. The second-order valence-electron chi connectivity index (χ2n) is 4.44. The fourth-order valence-electron chi connectivity index (χ4n) is 1.95.